The highest BCUT2D eigenvalue weighted by Crippen LogP contribution is 2.11. The quantitative estimate of drug-likeness (QED) is 0.800. The molecule has 4 heteroatoms. The molecule has 1 rings (SSSR count). The molecule has 96 valence electrons. The fourth-order valence-corrected chi connectivity index (χ4v) is 2.30. The van der Waals surface area contributed by atoms with E-state index in [1.165, 1.54) is 0 Å². The molecule has 3 nitrogen and oxygen atoms in total. The monoisotopic (exact) mass is 262 g/mol. The lowest BCUT2D eigenvalue weighted by Crippen LogP contribution is -2.12. The smallest absolute Gasteiger partial charge is 0.225 e. The van der Waals surface area contributed by atoms with Crippen LogP contribution < -0.4 is 5.32 Å². The van der Waals surface area contributed by atoms with E-state index in [0.717, 1.165) is 17.2 Å². The second kappa shape index (κ2) is 7.78. The molecule has 0 atom stereocenters. The molecule has 0 saturated carbocycles. The Morgan fingerprint density at radius 1 is 1.39 bits per heavy atom. The summed E-state index contributed by atoms with van der Waals surface area (Å²) in [5.41, 5.74) is 1.34. The molecule has 1 aromatic rings. The fraction of sp³-hybridized carbons (Fsp3) is 0.429. The Hall–Kier alpha value is -1.47. The van der Waals surface area contributed by atoms with E-state index in [-0.39, 0.29) is 5.91 Å². The van der Waals surface area contributed by atoms with Gasteiger partial charge in [0.15, 0.2) is 0 Å². The lowest BCUT2D eigenvalue weighted by Gasteiger charge is -2.06. The van der Waals surface area contributed by atoms with Gasteiger partial charge in [0.2, 0.25) is 5.91 Å². The SMILES string of the molecule is CC(C)CSCCC(=O)Nc1ccc(C#N)cc1. The molecule has 18 heavy (non-hydrogen) atoms. The molecular weight excluding hydrogens is 244 g/mol. The molecule has 1 aromatic carbocycles. The van der Waals surface area contributed by atoms with E-state index >= 15 is 0 Å². The number of rotatable bonds is 6. The second-order valence-electron chi connectivity index (χ2n) is 4.46. The van der Waals surface area contributed by atoms with Gasteiger partial charge in [-0.15, -0.1) is 0 Å². The average Bonchev–Trinajstić information content (AvgIpc) is 2.35. The lowest BCUT2D eigenvalue weighted by molar-refractivity contribution is -0.115. The molecule has 0 heterocycles. The maximum Gasteiger partial charge on any atom is 0.225 e. The molecule has 0 aromatic heterocycles. The Bertz CT molecular complexity index is 420. The number of nitriles is 1. The Morgan fingerprint density at radius 3 is 2.61 bits per heavy atom. The first-order valence-corrected chi connectivity index (χ1v) is 7.15. The fourth-order valence-electron chi connectivity index (χ4n) is 1.34. The van der Waals surface area contributed by atoms with Gasteiger partial charge < -0.3 is 5.32 Å². The first-order valence-electron chi connectivity index (χ1n) is 5.99. The average molecular weight is 262 g/mol. The molecule has 0 aliphatic heterocycles. The topological polar surface area (TPSA) is 52.9 Å². The summed E-state index contributed by atoms with van der Waals surface area (Å²) in [5, 5.41) is 11.5. The summed E-state index contributed by atoms with van der Waals surface area (Å²) >= 11 is 1.80. The van der Waals surface area contributed by atoms with Crippen molar-refractivity contribution in [1.82, 2.24) is 0 Å². The number of carbonyl (C=O) groups is 1. The van der Waals surface area contributed by atoms with Gasteiger partial charge in [-0.25, -0.2) is 0 Å². The lowest BCUT2D eigenvalue weighted by atomic mass is 10.2. The zero-order valence-electron chi connectivity index (χ0n) is 10.8. The number of benzene rings is 1. The number of anilines is 1. The summed E-state index contributed by atoms with van der Waals surface area (Å²) in [6, 6.07) is 8.93. The Morgan fingerprint density at radius 2 is 2.06 bits per heavy atom. The van der Waals surface area contributed by atoms with Gasteiger partial charge in [-0.1, -0.05) is 13.8 Å². The van der Waals surface area contributed by atoms with Crippen molar-refractivity contribution in [3.63, 3.8) is 0 Å². The molecule has 0 fully saturated rings. The molecule has 1 N–H and O–H groups in total. The van der Waals surface area contributed by atoms with Crippen LogP contribution in [0, 0.1) is 17.2 Å². The maximum atomic E-state index is 11.6. The highest BCUT2D eigenvalue weighted by atomic mass is 32.2. The highest BCUT2D eigenvalue weighted by Gasteiger charge is 2.03. The van der Waals surface area contributed by atoms with Crippen molar-refractivity contribution >= 4 is 23.4 Å². The van der Waals surface area contributed by atoms with Crippen LogP contribution in [0.5, 0.6) is 0 Å². The van der Waals surface area contributed by atoms with Crippen LogP contribution >= 0.6 is 11.8 Å². The van der Waals surface area contributed by atoms with Gasteiger partial charge in [-0.3, -0.25) is 4.79 Å². The van der Waals surface area contributed by atoms with Gasteiger partial charge in [0.25, 0.3) is 0 Å². The summed E-state index contributed by atoms with van der Waals surface area (Å²) < 4.78 is 0. The standard InChI is InChI=1S/C14H18N2OS/c1-11(2)10-18-8-7-14(17)16-13-5-3-12(9-15)4-6-13/h3-6,11H,7-8,10H2,1-2H3,(H,16,17). The van der Waals surface area contributed by atoms with E-state index in [9.17, 15) is 4.79 Å². The predicted molar refractivity (Wildman–Crippen MR) is 76.6 cm³/mol. The van der Waals surface area contributed by atoms with Crippen LogP contribution in [0.4, 0.5) is 5.69 Å². The van der Waals surface area contributed by atoms with E-state index in [1.54, 1.807) is 36.0 Å². The van der Waals surface area contributed by atoms with Crippen molar-refractivity contribution in [2.24, 2.45) is 5.92 Å². The third-order valence-corrected chi connectivity index (χ3v) is 3.62. The third kappa shape index (κ3) is 5.74. The van der Waals surface area contributed by atoms with Crippen LogP contribution in [-0.4, -0.2) is 17.4 Å². The molecule has 0 radical (unpaired) electrons. The summed E-state index contributed by atoms with van der Waals surface area (Å²) in [4.78, 5) is 11.6. The zero-order chi connectivity index (χ0) is 13.4. The predicted octanol–water partition coefficient (Wildman–Crippen LogP) is 3.28. The van der Waals surface area contributed by atoms with Crippen LogP contribution in [0.25, 0.3) is 0 Å². The van der Waals surface area contributed by atoms with Gasteiger partial charge in [0.05, 0.1) is 11.6 Å². The Labute approximate surface area is 113 Å². The largest absolute Gasteiger partial charge is 0.326 e. The van der Waals surface area contributed by atoms with E-state index < -0.39 is 0 Å². The van der Waals surface area contributed by atoms with Crippen LogP contribution in [0.15, 0.2) is 24.3 Å². The number of nitrogens with one attached hydrogen (secondary N) is 1. The summed E-state index contributed by atoms with van der Waals surface area (Å²) in [5.74, 6) is 2.62. The summed E-state index contributed by atoms with van der Waals surface area (Å²) in [6.45, 7) is 4.34. The first kappa shape index (κ1) is 14.6. The molecule has 0 spiro atoms. The van der Waals surface area contributed by atoms with Crippen molar-refractivity contribution in [2.45, 2.75) is 20.3 Å². The summed E-state index contributed by atoms with van der Waals surface area (Å²) in [6.07, 6.45) is 0.525. The number of hydrogen-bond donors (Lipinski definition) is 1. The zero-order valence-corrected chi connectivity index (χ0v) is 11.6. The molecule has 0 aliphatic rings. The highest BCUT2D eigenvalue weighted by molar-refractivity contribution is 7.99. The molecule has 0 unspecified atom stereocenters. The molecule has 0 aliphatic carbocycles. The molecule has 0 bridgehead atoms. The number of carbonyl (C=O) groups excluding carboxylic acids is 1. The summed E-state index contributed by atoms with van der Waals surface area (Å²) in [7, 11) is 0. The van der Waals surface area contributed by atoms with Crippen LogP contribution in [-0.2, 0) is 4.79 Å². The normalized spacial score (nSPS) is 10.1. The molecule has 1 amide bonds. The van der Waals surface area contributed by atoms with Crippen molar-refractivity contribution in [3.05, 3.63) is 29.8 Å². The van der Waals surface area contributed by atoms with Crippen LogP contribution in [0.1, 0.15) is 25.8 Å². The van der Waals surface area contributed by atoms with Gasteiger partial charge in [-0.2, -0.15) is 17.0 Å². The van der Waals surface area contributed by atoms with Crippen LogP contribution in [0.3, 0.4) is 0 Å². The number of nitrogens with zero attached hydrogens (tertiary/aromatic N) is 1. The number of amides is 1. The minimum Gasteiger partial charge on any atom is -0.326 e. The van der Waals surface area contributed by atoms with Crippen molar-refractivity contribution in [1.29, 1.82) is 5.26 Å². The van der Waals surface area contributed by atoms with E-state index in [4.69, 9.17) is 5.26 Å². The second-order valence-corrected chi connectivity index (χ2v) is 5.61. The molecule has 0 saturated heterocycles. The van der Waals surface area contributed by atoms with E-state index in [1.807, 2.05) is 6.07 Å². The van der Waals surface area contributed by atoms with Gasteiger partial charge >= 0.3 is 0 Å². The first-order chi connectivity index (χ1) is 8.61. The number of hydrogen-bond acceptors (Lipinski definition) is 3. The van der Waals surface area contributed by atoms with E-state index in [0.29, 0.717) is 17.9 Å². The Balaban J connectivity index is 2.29. The minimum atomic E-state index is 0.0240. The minimum absolute atomic E-state index is 0.0240. The maximum absolute atomic E-state index is 11.6. The van der Waals surface area contributed by atoms with Crippen molar-refractivity contribution in [2.75, 3.05) is 16.8 Å². The van der Waals surface area contributed by atoms with Gasteiger partial charge in [-0.05, 0) is 35.9 Å². The van der Waals surface area contributed by atoms with Crippen molar-refractivity contribution in [3.8, 4) is 6.07 Å². The van der Waals surface area contributed by atoms with E-state index in [2.05, 4.69) is 19.2 Å². The van der Waals surface area contributed by atoms with Crippen molar-refractivity contribution < 1.29 is 4.79 Å². The molecular formula is C14H18N2OS. The third-order valence-electron chi connectivity index (χ3n) is 2.22. The van der Waals surface area contributed by atoms with Gasteiger partial charge in [0, 0.05) is 17.9 Å². The van der Waals surface area contributed by atoms with Gasteiger partial charge in [0.1, 0.15) is 0 Å². The van der Waals surface area contributed by atoms with Crippen LogP contribution in [0.2, 0.25) is 0 Å². The Kier molecular flexibility index (Phi) is 6.31. The number of thioether (sulfide) groups is 1.